The number of phenolic OH excluding ortho intramolecular Hbond substituents is 1. The van der Waals surface area contributed by atoms with Crippen molar-refractivity contribution in [1.82, 2.24) is 5.32 Å². The monoisotopic (exact) mass is 203 g/mol. The van der Waals surface area contributed by atoms with Crippen LogP contribution >= 0.6 is 0 Å². The molecular formula is C13H17NO. The number of rotatable bonds is 2. The van der Waals surface area contributed by atoms with Crippen LogP contribution in [0.3, 0.4) is 0 Å². The van der Waals surface area contributed by atoms with E-state index in [1.54, 1.807) is 6.07 Å². The number of fused-ring (bicyclic) bond motifs is 2. The molecule has 2 N–H and O–H groups in total. The van der Waals surface area contributed by atoms with Gasteiger partial charge in [0.1, 0.15) is 5.75 Å². The first kappa shape index (κ1) is 9.22. The summed E-state index contributed by atoms with van der Waals surface area (Å²) in [5.41, 5.74) is 1.56. The molecule has 1 aliphatic carbocycles. The van der Waals surface area contributed by atoms with E-state index in [0.29, 0.717) is 11.2 Å². The Bertz CT molecular complexity index is 363. The van der Waals surface area contributed by atoms with Crippen molar-refractivity contribution >= 4 is 0 Å². The molecule has 3 aliphatic rings. The minimum atomic E-state index is 0.446. The third-order valence-corrected chi connectivity index (χ3v) is 3.93. The Kier molecular flexibility index (Phi) is 1.99. The molecule has 1 aromatic rings. The molecule has 0 radical (unpaired) electrons. The summed E-state index contributed by atoms with van der Waals surface area (Å²) in [6, 6.07) is 7.74. The third kappa shape index (κ3) is 1.53. The van der Waals surface area contributed by atoms with Gasteiger partial charge >= 0.3 is 0 Å². The fraction of sp³-hybridized carbons (Fsp3) is 0.538. The van der Waals surface area contributed by atoms with Crippen molar-refractivity contribution < 1.29 is 5.11 Å². The van der Waals surface area contributed by atoms with Crippen LogP contribution in [0.5, 0.6) is 5.75 Å². The van der Waals surface area contributed by atoms with Gasteiger partial charge in [0.05, 0.1) is 0 Å². The van der Waals surface area contributed by atoms with Gasteiger partial charge in [-0.2, -0.15) is 0 Å². The summed E-state index contributed by atoms with van der Waals surface area (Å²) in [7, 11) is 0. The van der Waals surface area contributed by atoms with Gasteiger partial charge in [0.2, 0.25) is 0 Å². The maximum Gasteiger partial charge on any atom is 0.118 e. The molecule has 15 heavy (non-hydrogen) atoms. The van der Waals surface area contributed by atoms with Gasteiger partial charge in [-0.3, -0.25) is 0 Å². The fourth-order valence-electron chi connectivity index (χ4n) is 3.27. The molecule has 2 bridgehead atoms. The number of benzene rings is 1. The molecular weight excluding hydrogens is 186 g/mol. The molecule has 0 atom stereocenters. The maximum atomic E-state index is 9.75. The highest BCUT2D eigenvalue weighted by Crippen LogP contribution is 2.50. The lowest BCUT2D eigenvalue weighted by molar-refractivity contribution is 0.0141. The van der Waals surface area contributed by atoms with Crippen LogP contribution in [-0.4, -0.2) is 18.2 Å². The van der Waals surface area contributed by atoms with Gasteiger partial charge in [-0.05, 0) is 48.8 Å². The largest absolute Gasteiger partial charge is 0.508 e. The minimum absolute atomic E-state index is 0.446. The summed E-state index contributed by atoms with van der Waals surface area (Å²) >= 11 is 0. The summed E-state index contributed by atoms with van der Waals surface area (Å²) in [6.45, 7) is 2.32. The van der Waals surface area contributed by atoms with Crippen LogP contribution in [0.4, 0.5) is 0 Å². The van der Waals surface area contributed by atoms with Crippen molar-refractivity contribution in [2.75, 3.05) is 13.1 Å². The van der Waals surface area contributed by atoms with Crippen LogP contribution in [-0.2, 0) is 6.42 Å². The lowest BCUT2D eigenvalue weighted by Gasteiger charge is -2.53. The van der Waals surface area contributed by atoms with Crippen LogP contribution in [0.25, 0.3) is 0 Å². The van der Waals surface area contributed by atoms with Crippen LogP contribution in [0.15, 0.2) is 24.3 Å². The second kappa shape index (κ2) is 3.24. The number of nitrogens with one attached hydrogen (secondary N) is 1. The Morgan fingerprint density at radius 3 is 2.80 bits per heavy atom. The molecule has 0 amide bonds. The molecule has 0 spiro atoms. The second-order valence-corrected chi connectivity index (χ2v) is 5.21. The van der Waals surface area contributed by atoms with E-state index in [1.807, 2.05) is 18.2 Å². The number of hydrogen-bond acceptors (Lipinski definition) is 2. The molecule has 4 rings (SSSR count). The van der Waals surface area contributed by atoms with E-state index in [-0.39, 0.29) is 0 Å². The van der Waals surface area contributed by atoms with E-state index in [9.17, 15) is 5.11 Å². The van der Waals surface area contributed by atoms with Crippen molar-refractivity contribution in [2.45, 2.75) is 19.3 Å². The summed E-state index contributed by atoms with van der Waals surface area (Å²) in [6.07, 6.45) is 3.71. The first-order valence-electron chi connectivity index (χ1n) is 5.75. The van der Waals surface area contributed by atoms with Gasteiger partial charge in [0.15, 0.2) is 0 Å². The Hall–Kier alpha value is -1.02. The van der Waals surface area contributed by atoms with Gasteiger partial charge in [0, 0.05) is 6.54 Å². The quantitative estimate of drug-likeness (QED) is 0.770. The Labute approximate surface area is 90.3 Å². The van der Waals surface area contributed by atoms with Crippen LogP contribution in [0.2, 0.25) is 0 Å². The zero-order valence-corrected chi connectivity index (χ0v) is 8.87. The van der Waals surface area contributed by atoms with Crippen molar-refractivity contribution in [3.8, 4) is 5.75 Å². The highest BCUT2D eigenvalue weighted by atomic mass is 16.3. The summed E-state index contributed by atoms with van der Waals surface area (Å²) < 4.78 is 0. The molecule has 0 aromatic heterocycles. The Morgan fingerprint density at radius 1 is 1.33 bits per heavy atom. The minimum Gasteiger partial charge on any atom is -0.508 e. The normalized spacial score (nSPS) is 33.5. The molecule has 3 fully saturated rings. The maximum absolute atomic E-state index is 9.75. The lowest BCUT2D eigenvalue weighted by atomic mass is 9.57. The van der Waals surface area contributed by atoms with Gasteiger partial charge in [-0.1, -0.05) is 18.2 Å². The third-order valence-electron chi connectivity index (χ3n) is 3.93. The van der Waals surface area contributed by atoms with Gasteiger partial charge in [-0.15, -0.1) is 0 Å². The molecule has 80 valence electrons. The Balaban J connectivity index is 1.78. The van der Waals surface area contributed by atoms with Gasteiger partial charge < -0.3 is 10.4 Å². The highest BCUT2D eigenvalue weighted by molar-refractivity contribution is 5.33. The van der Waals surface area contributed by atoms with E-state index >= 15 is 0 Å². The molecule has 2 heterocycles. The number of phenols is 1. The number of para-hydroxylation sites is 1. The standard InChI is InChI=1S/C13H17NO/c15-12-4-2-1-3-11(12)7-13-5-10(6-13)8-14-9-13/h1-4,10,14-15H,5-9H2. The van der Waals surface area contributed by atoms with Crippen molar-refractivity contribution in [1.29, 1.82) is 0 Å². The average molecular weight is 203 g/mol. The molecule has 2 saturated heterocycles. The summed E-state index contributed by atoms with van der Waals surface area (Å²) in [5, 5.41) is 13.2. The van der Waals surface area contributed by atoms with Gasteiger partial charge in [0.25, 0.3) is 0 Å². The average Bonchev–Trinajstić information content (AvgIpc) is 2.21. The van der Waals surface area contributed by atoms with Crippen molar-refractivity contribution in [3.05, 3.63) is 29.8 Å². The van der Waals surface area contributed by atoms with E-state index < -0.39 is 0 Å². The van der Waals surface area contributed by atoms with E-state index in [1.165, 1.54) is 19.4 Å². The summed E-state index contributed by atoms with van der Waals surface area (Å²) in [4.78, 5) is 0. The zero-order valence-electron chi connectivity index (χ0n) is 8.87. The Morgan fingerprint density at radius 2 is 2.13 bits per heavy atom. The van der Waals surface area contributed by atoms with Crippen molar-refractivity contribution in [3.63, 3.8) is 0 Å². The van der Waals surface area contributed by atoms with E-state index in [2.05, 4.69) is 5.32 Å². The van der Waals surface area contributed by atoms with Gasteiger partial charge in [-0.25, -0.2) is 0 Å². The molecule has 2 aliphatic heterocycles. The van der Waals surface area contributed by atoms with Crippen molar-refractivity contribution in [2.24, 2.45) is 11.3 Å². The molecule has 1 saturated carbocycles. The number of piperidine rings is 2. The molecule has 0 unspecified atom stereocenters. The summed E-state index contributed by atoms with van der Waals surface area (Å²) in [5.74, 6) is 1.35. The zero-order chi connectivity index (χ0) is 10.3. The van der Waals surface area contributed by atoms with Crippen LogP contribution in [0.1, 0.15) is 18.4 Å². The predicted molar refractivity (Wildman–Crippen MR) is 59.8 cm³/mol. The topological polar surface area (TPSA) is 32.3 Å². The highest BCUT2D eigenvalue weighted by Gasteiger charge is 2.46. The molecule has 2 nitrogen and oxygen atoms in total. The predicted octanol–water partition coefficient (Wildman–Crippen LogP) is 1.93. The van der Waals surface area contributed by atoms with Crippen LogP contribution < -0.4 is 5.32 Å². The SMILES string of the molecule is Oc1ccccc1CC12CNCC(C1)C2. The number of hydrogen-bond donors (Lipinski definition) is 2. The van der Waals surface area contributed by atoms with Crippen LogP contribution in [0, 0.1) is 11.3 Å². The smallest absolute Gasteiger partial charge is 0.118 e. The fourth-order valence-corrected chi connectivity index (χ4v) is 3.27. The molecule has 1 aromatic carbocycles. The number of aromatic hydroxyl groups is 1. The van der Waals surface area contributed by atoms with E-state index in [4.69, 9.17) is 0 Å². The first-order chi connectivity index (χ1) is 7.27. The first-order valence-corrected chi connectivity index (χ1v) is 5.75. The molecule has 2 heteroatoms. The second-order valence-electron chi connectivity index (χ2n) is 5.21. The lowest BCUT2D eigenvalue weighted by Crippen LogP contribution is -2.55. The van der Waals surface area contributed by atoms with E-state index in [0.717, 1.165) is 24.4 Å².